The van der Waals surface area contributed by atoms with Crippen molar-refractivity contribution in [1.82, 2.24) is 0 Å². The maximum atomic E-state index is 12.3. The normalized spacial score (nSPS) is 11.3. The lowest BCUT2D eigenvalue weighted by Crippen LogP contribution is -2.29. The molecule has 0 aliphatic carbocycles. The lowest BCUT2D eigenvalue weighted by atomic mass is 10.2. The molecule has 0 fully saturated rings. The fraction of sp³-hybridized carbons (Fsp3) is 0.500. The topological polar surface area (TPSA) is 63.7 Å². The van der Waals surface area contributed by atoms with Crippen molar-refractivity contribution in [1.29, 1.82) is 0 Å². The number of unbranched alkanes of at least 4 members (excludes halogenated alkanes) is 1. The first-order valence-corrected chi connectivity index (χ1v) is 9.23. The van der Waals surface area contributed by atoms with Crippen LogP contribution in [0.15, 0.2) is 12.1 Å². The van der Waals surface area contributed by atoms with Crippen LogP contribution in [0.1, 0.15) is 37.0 Å². The highest BCUT2D eigenvalue weighted by Gasteiger charge is 2.24. The van der Waals surface area contributed by atoms with Crippen LogP contribution in [0.25, 0.3) is 0 Å². The van der Waals surface area contributed by atoms with Gasteiger partial charge in [0.25, 0.3) is 0 Å². The number of nitrogens with zero attached hydrogens (tertiary/aromatic N) is 1. The molecule has 0 heterocycles. The molecule has 0 unspecified atom stereocenters. The SMILES string of the molecule is CCCCS(=O)(=O)N(C)c1cc(Cl)cc(C(=O)OCC)c1Cl. The number of benzene rings is 1. The maximum absolute atomic E-state index is 12.3. The predicted molar refractivity (Wildman–Crippen MR) is 89.5 cm³/mol. The van der Waals surface area contributed by atoms with E-state index < -0.39 is 16.0 Å². The van der Waals surface area contributed by atoms with Crippen LogP contribution in [-0.2, 0) is 14.8 Å². The highest BCUT2D eigenvalue weighted by atomic mass is 35.5. The molecule has 0 spiro atoms. The molecule has 0 radical (unpaired) electrons. The summed E-state index contributed by atoms with van der Waals surface area (Å²) in [5.74, 6) is -0.645. The fourth-order valence-electron chi connectivity index (χ4n) is 1.77. The molecule has 1 aromatic carbocycles. The number of ether oxygens (including phenoxy) is 1. The second-order valence-corrected chi connectivity index (χ2v) is 7.58. The summed E-state index contributed by atoms with van der Waals surface area (Å²) in [6.07, 6.45) is 1.29. The Hall–Kier alpha value is -0.980. The number of hydrogen-bond acceptors (Lipinski definition) is 4. The third-order valence-corrected chi connectivity index (χ3v) is 5.48. The number of anilines is 1. The Bertz CT molecular complexity index is 646. The highest BCUT2D eigenvalue weighted by Crippen LogP contribution is 2.34. The molecule has 0 amide bonds. The zero-order valence-electron chi connectivity index (χ0n) is 12.7. The zero-order valence-corrected chi connectivity index (χ0v) is 15.1. The summed E-state index contributed by atoms with van der Waals surface area (Å²) < 4.78 is 30.5. The van der Waals surface area contributed by atoms with Crippen LogP contribution in [0, 0.1) is 0 Å². The van der Waals surface area contributed by atoms with Crippen molar-refractivity contribution in [2.24, 2.45) is 0 Å². The molecule has 1 rings (SSSR count). The fourth-order valence-corrected chi connectivity index (χ4v) is 3.72. The average molecular weight is 368 g/mol. The monoisotopic (exact) mass is 367 g/mol. The van der Waals surface area contributed by atoms with Gasteiger partial charge in [-0.3, -0.25) is 4.31 Å². The minimum Gasteiger partial charge on any atom is -0.462 e. The second kappa shape index (κ2) is 8.04. The van der Waals surface area contributed by atoms with E-state index in [4.69, 9.17) is 27.9 Å². The molecule has 0 atom stereocenters. The Morgan fingerprint density at radius 1 is 1.27 bits per heavy atom. The first-order chi connectivity index (χ1) is 10.2. The lowest BCUT2D eigenvalue weighted by Gasteiger charge is -2.22. The minimum atomic E-state index is -3.53. The lowest BCUT2D eigenvalue weighted by molar-refractivity contribution is 0.0526. The van der Waals surface area contributed by atoms with Crippen molar-refractivity contribution in [2.75, 3.05) is 23.7 Å². The Morgan fingerprint density at radius 3 is 2.45 bits per heavy atom. The largest absolute Gasteiger partial charge is 0.462 e. The van der Waals surface area contributed by atoms with Crippen LogP contribution >= 0.6 is 23.2 Å². The predicted octanol–water partition coefficient (Wildman–Crippen LogP) is 3.74. The van der Waals surface area contributed by atoms with Gasteiger partial charge in [0, 0.05) is 12.1 Å². The van der Waals surface area contributed by atoms with Crippen LogP contribution < -0.4 is 4.31 Å². The van der Waals surface area contributed by atoms with Crippen molar-refractivity contribution in [3.63, 3.8) is 0 Å². The molecule has 0 N–H and O–H groups in total. The Morgan fingerprint density at radius 2 is 1.91 bits per heavy atom. The molecule has 22 heavy (non-hydrogen) atoms. The van der Waals surface area contributed by atoms with Crippen LogP contribution in [0.4, 0.5) is 5.69 Å². The number of rotatable bonds is 7. The molecular weight excluding hydrogens is 349 g/mol. The van der Waals surface area contributed by atoms with Crippen LogP contribution in [0.2, 0.25) is 10.0 Å². The zero-order chi connectivity index (χ0) is 16.9. The number of halogens is 2. The molecular formula is C14H19Cl2NO4S. The summed E-state index contributed by atoms with van der Waals surface area (Å²) >= 11 is 12.2. The second-order valence-electron chi connectivity index (χ2n) is 4.64. The number of carbonyl (C=O) groups excluding carboxylic acids is 1. The standard InChI is InChI=1S/C14H19Cl2NO4S/c1-4-6-7-22(19,20)17(3)12-9-10(15)8-11(13(12)16)14(18)21-5-2/h8-9H,4-7H2,1-3H3. The first kappa shape index (κ1) is 19.1. The van der Waals surface area contributed by atoms with E-state index >= 15 is 0 Å². The van der Waals surface area contributed by atoms with Gasteiger partial charge in [0.05, 0.1) is 28.6 Å². The van der Waals surface area contributed by atoms with E-state index in [9.17, 15) is 13.2 Å². The number of esters is 1. The summed E-state index contributed by atoms with van der Waals surface area (Å²) in [6.45, 7) is 3.75. The van der Waals surface area contributed by atoms with Gasteiger partial charge < -0.3 is 4.74 Å². The van der Waals surface area contributed by atoms with Gasteiger partial charge in [-0.05, 0) is 25.5 Å². The first-order valence-electron chi connectivity index (χ1n) is 6.87. The van der Waals surface area contributed by atoms with E-state index in [1.807, 2.05) is 6.92 Å². The van der Waals surface area contributed by atoms with Crippen LogP contribution in [-0.4, -0.2) is 33.8 Å². The molecule has 0 aliphatic rings. The van der Waals surface area contributed by atoms with Crippen LogP contribution in [0.3, 0.4) is 0 Å². The van der Waals surface area contributed by atoms with Gasteiger partial charge in [0.1, 0.15) is 0 Å². The molecule has 0 bridgehead atoms. The molecule has 0 aromatic heterocycles. The summed E-state index contributed by atoms with van der Waals surface area (Å²) in [5, 5.41) is 0.213. The minimum absolute atomic E-state index is 0.00240. The molecule has 1 aromatic rings. The number of sulfonamides is 1. The van der Waals surface area contributed by atoms with E-state index in [-0.39, 0.29) is 33.7 Å². The van der Waals surface area contributed by atoms with Crippen molar-refractivity contribution >= 4 is 44.9 Å². The van der Waals surface area contributed by atoms with E-state index in [0.717, 1.165) is 10.7 Å². The number of carbonyl (C=O) groups is 1. The van der Waals surface area contributed by atoms with Crippen molar-refractivity contribution in [3.05, 3.63) is 27.7 Å². The summed E-state index contributed by atoms with van der Waals surface area (Å²) in [4.78, 5) is 11.9. The van der Waals surface area contributed by atoms with Crippen molar-refractivity contribution in [2.45, 2.75) is 26.7 Å². The van der Waals surface area contributed by atoms with Gasteiger partial charge >= 0.3 is 5.97 Å². The Labute approximate surface area is 141 Å². The number of hydrogen-bond donors (Lipinski definition) is 0. The van der Waals surface area contributed by atoms with Gasteiger partial charge in [-0.25, -0.2) is 13.2 Å². The molecule has 0 aliphatic heterocycles. The van der Waals surface area contributed by atoms with Crippen molar-refractivity contribution in [3.8, 4) is 0 Å². The molecule has 0 saturated heterocycles. The smallest absolute Gasteiger partial charge is 0.339 e. The maximum Gasteiger partial charge on any atom is 0.339 e. The highest BCUT2D eigenvalue weighted by molar-refractivity contribution is 7.92. The van der Waals surface area contributed by atoms with Gasteiger partial charge in [0.15, 0.2) is 0 Å². The summed E-state index contributed by atoms with van der Waals surface area (Å²) in [7, 11) is -2.14. The van der Waals surface area contributed by atoms with E-state index in [0.29, 0.717) is 6.42 Å². The van der Waals surface area contributed by atoms with Gasteiger partial charge in [-0.15, -0.1) is 0 Å². The van der Waals surface area contributed by atoms with E-state index in [1.165, 1.54) is 19.2 Å². The van der Waals surface area contributed by atoms with Crippen molar-refractivity contribution < 1.29 is 17.9 Å². The average Bonchev–Trinajstić information content (AvgIpc) is 2.46. The molecule has 8 heteroatoms. The molecule has 124 valence electrons. The van der Waals surface area contributed by atoms with E-state index in [2.05, 4.69) is 0 Å². The van der Waals surface area contributed by atoms with Gasteiger partial charge in [-0.1, -0.05) is 36.5 Å². The quantitative estimate of drug-likeness (QED) is 0.688. The third kappa shape index (κ3) is 4.51. The Kier molecular flexibility index (Phi) is 6.97. The van der Waals surface area contributed by atoms with E-state index in [1.54, 1.807) is 6.92 Å². The third-order valence-electron chi connectivity index (χ3n) is 3.03. The van der Waals surface area contributed by atoms with Crippen LogP contribution in [0.5, 0.6) is 0 Å². The molecule has 5 nitrogen and oxygen atoms in total. The summed E-state index contributed by atoms with van der Waals surface area (Å²) in [6, 6.07) is 2.77. The van der Waals surface area contributed by atoms with Gasteiger partial charge in [0.2, 0.25) is 10.0 Å². The Balaban J connectivity index is 3.28. The summed E-state index contributed by atoms with van der Waals surface area (Å²) in [5.41, 5.74) is 0.205. The molecule has 0 saturated carbocycles. The van der Waals surface area contributed by atoms with Gasteiger partial charge in [-0.2, -0.15) is 0 Å².